The first-order valence-electron chi connectivity index (χ1n) is 7.22. The lowest BCUT2D eigenvalue weighted by Gasteiger charge is -2.04. The molecule has 1 heterocycles. The van der Waals surface area contributed by atoms with Gasteiger partial charge in [-0.05, 0) is 37.5 Å². The minimum absolute atomic E-state index is 0.0234. The van der Waals surface area contributed by atoms with E-state index in [1.54, 1.807) is 6.07 Å². The van der Waals surface area contributed by atoms with Gasteiger partial charge in [0.25, 0.3) is 0 Å². The Bertz CT molecular complexity index is 694. The van der Waals surface area contributed by atoms with E-state index in [2.05, 4.69) is 15.5 Å². The van der Waals surface area contributed by atoms with E-state index in [4.69, 9.17) is 0 Å². The highest BCUT2D eigenvalue weighted by atomic mass is 32.1. The molecule has 0 spiro atoms. The van der Waals surface area contributed by atoms with Crippen LogP contribution in [0.15, 0.2) is 18.2 Å². The number of Topliss-reactive ketones (excluding diaryl/α,β-unsaturated/α-hetero) is 1. The highest BCUT2D eigenvalue weighted by molar-refractivity contribution is 7.15. The van der Waals surface area contributed by atoms with Crippen molar-refractivity contribution in [2.75, 3.05) is 5.32 Å². The molecule has 1 aromatic carbocycles. The molecule has 2 aromatic rings. The number of anilines is 1. The normalized spacial score (nSPS) is 10.5. The van der Waals surface area contributed by atoms with Gasteiger partial charge in [0.2, 0.25) is 11.0 Å². The van der Waals surface area contributed by atoms with Crippen LogP contribution < -0.4 is 5.32 Å². The van der Waals surface area contributed by atoms with Gasteiger partial charge in [0.15, 0.2) is 5.78 Å². The largest absolute Gasteiger partial charge is 0.301 e. The molecule has 0 aliphatic carbocycles. The highest BCUT2D eigenvalue weighted by Crippen LogP contribution is 2.16. The summed E-state index contributed by atoms with van der Waals surface area (Å²) in [6.07, 6.45) is 1.12. The van der Waals surface area contributed by atoms with Gasteiger partial charge in [-0.15, -0.1) is 10.2 Å². The number of nitrogens with zero attached hydrogens (tertiary/aromatic N) is 2. The topological polar surface area (TPSA) is 72.0 Å². The summed E-state index contributed by atoms with van der Waals surface area (Å²) in [5, 5.41) is 11.9. The molecule has 0 aliphatic rings. The van der Waals surface area contributed by atoms with Crippen molar-refractivity contribution in [1.29, 1.82) is 0 Å². The number of carbonyl (C=O) groups excluding carboxylic acids is 2. The van der Waals surface area contributed by atoms with E-state index in [0.717, 1.165) is 22.6 Å². The average molecular weight is 317 g/mol. The van der Waals surface area contributed by atoms with Crippen molar-refractivity contribution in [3.63, 3.8) is 0 Å². The maximum atomic E-state index is 12.1. The zero-order chi connectivity index (χ0) is 16.1. The van der Waals surface area contributed by atoms with Gasteiger partial charge < -0.3 is 5.32 Å². The van der Waals surface area contributed by atoms with E-state index in [9.17, 15) is 9.59 Å². The zero-order valence-corrected chi connectivity index (χ0v) is 13.8. The van der Waals surface area contributed by atoms with E-state index in [-0.39, 0.29) is 24.5 Å². The molecule has 0 atom stereocenters. The molecular formula is C16H19N3O2S. The first-order chi connectivity index (χ1) is 10.5. The lowest BCUT2D eigenvalue weighted by atomic mass is 10.0. The van der Waals surface area contributed by atoms with Crippen LogP contribution in [0.5, 0.6) is 0 Å². The van der Waals surface area contributed by atoms with Gasteiger partial charge in [-0.25, -0.2) is 0 Å². The van der Waals surface area contributed by atoms with E-state index >= 15 is 0 Å². The number of rotatable bonds is 6. The second-order valence-electron chi connectivity index (χ2n) is 5.12. The molecule has 0 saturated carbocycles. The summed E-state index contributed by atoms with van der Waals surface area (Å²) >= 11 is 1.36. The molecule has 0 fully saturated rings. The number of ketones is 1. The number of benzene rings is 1. The Morgan fingerprint density at radius 1 is 1.14 bits per heavy atom. The molecule has 0 aliphatic heterocycles. The first-order valence-corrected chi connectivity index (χ1v) is 8.04. The van der Waals surface area contributed by atoms with Gasteiger partial charge in [0.05, 0.1) is 0 Å². The number of carbonyl (C=O) groups is 2. The summed E-state index contributed by atoms with van der Waals surface area (Å²) in [6.45, 7) is 5.96. The number of nitrogens with one attached hydrogen (secondary N) is 1. The third-order valence-corrected chi connectivity index (χ3v) is 4.41. The van der Waals surface area contributed by atoms with Crippen LogP contribution in [-0.4, -0.2) is 21.9 Å². The minimum atomic E-state index is -0.212. The lowest BCUT2D eigenvalue weighted by Crippen LogP contribution is -2.13. The molecule has 116 valence electrons. The fourth-order valence-corrected chi connectivity index (χ4v) is 2.61. The Morgan fingerprint density at radius 3 is 2.55 bits per heavy atom. The minimum Gasteiger partial charge on any atom is -0.301 e. The standard InChI is InChI=1S/C16H19N3O2S/c1-4-15-18-19-16(22-15)17-14(21)8-7-13(20)12-6-5-10(2)11(3)9-12/h5-6,9H,4,7-8H2,1-3H3,(H,17,19,21). The van der Waals surface area contributed by atoms with E-state index in [1.165, 1.54) is 11.3 Å². The predicted molar refractivity (Wildman–Crippen MR) is 87.4 cm³/mol. The number of aryl methyl sites for hydroxylation is 3. The summed E-state index contributed by atoms with van der Waals surface area (Å²) in [4.78, 5) is 24.0. The van der Waals surface area contributed by atoms with Gasteiger partial charge in [-0.2, -0.15) is 0 Å². The van der Waals surface area contributed by atoms with Crippen molar-refractivity contribution < 1.29 is 9.59 Å². The molecule has 1 aromatic heterocycles. The SMILES string of the molecule is CCc1nnc(NC(=O)CCC(=O)c2ccc(C)c(C)c2)s1. The summed E-state index contributed by atoms with van der Waals surface area (Å²) < 4.78 is 0. The second-order valence-corrected chi connectivity index (χ2v) is 6.19. The quantitative estimate of drug-likeness (QED) is 0.830. The van der Waals surface area contributed by atoms with Crippen molar-refractivity contribution in [2.24, 2.45) is 0 Å². The number of amides is 1. The molecule has 2 rings (SSSR count). The van der Waals surface area contributed by atoms with Gasteiger partial charge in [0, 0.05) is 18.4 Å². The number of hydrogen-bond donors (Lipinski definition) is 1. The Labute approximate surface area is 133 Å². The second kappa shape index (κ2) is 7.26. The first kappa shape index (κ1) is 16.3. The Balaban J connectivity index is 1.87. The van der Waals surface area contributed by atoms with Crippen LogP contribution in [0.1, 0.15) is 46.3 Å². The number of hydrogen-bond acceptors (Lipinski definition) is 5. The summed E-state index contributed by atoms with van der Waals surface area (Å²) in [7, 11) is 0. The molecule has 0 saturated heterocycles. The van der Waals surface area contributed by atoms with Gasteiger partial charge in [0.1, 0.15) is 5.01 Å². The fraction of sp³-hybridized carbons (Fsp3) is 0.375. The summed E-state index contributed by atoms with van der Waals surface area (Å²) in [5.41, 5.74) is 2.88. The monoisotopic (exact) mass is 317 g/mol. The Hall–Kier alpha value is -2.08. The predicted octanol–water partition coefficient (Wildman–Crippen LogP) is 3.32. The van der Waals surface area contributed by atoms with Gasteiger partial charge in [-0.1, -0.05) is 30.4 Å². The molecule has 1 amide bonds. The van der Waals surface area contributed by atoms with Crippen molar-refractivity contribution in [1.82, 2.24) is 10.2 Å². The maximum absolute atomic E-state index is 12.1. The van der Waals surface area contributed by atoms with E-state index in [0.29, 0.717) is 10.7 Å². The van der Waals surface area contributed by atoms with Gasteiger partial charge >= 0.3 is 0 Å². The molecule has 0 radical (unpaired) electrons. The van der Waals surface area contributed by atoms with Crippen LogP contribution in [0.3, 0.4) is 0 Å². The maximum Gasteiger partial charge on any atom is 0.226 e. The van der Waals surface area contributed by atoms with Crippen LogP contribution in [0.25, 0.3) is 0 Å². The molecule has 22 heavy (non-hydrogen) atoms. The molecule has 0 unspecified atom stereocenters. The van der Waals surface area contributed by atoms with Crippen LogP contribution in [0.4, 0.5) is 5.13 Å². The smallest absolute Gasteiger partial charge is 0.226 e. The van der Waals surface area contributed by atoms with E-state index < -0.39 is 0 Å². The molecule has 1 N–H and O–H groups in total. The van der Waals surface area contributed by atoms with Crippen molar-refractivity contribution in [2.45, 2.75) is 40.0 Å². The van der Waals surface area contributed by atoms with E-state index in [1.807, 2.05) is 32.9 Å². The Kier molecular flexibility index (Phi) is 5.38. The van der Waals surface area contributed by atoms with Crippen LogP contribution in [0.2, 0.25) is 0 Å². The van der Waals surface area contributed by atoms with Gasteiger partial charge in [-0.3, -0.25) is 9.59 Å². The Morgan fingerprint density at radius 2 is 1.91 bits per heavy atom. The average Bonchev–Trinajstić information content (AvgIpc) is 2.95. The van der Waals surface area contributed by atoms with Crippen LogP contribution >= 0.6 is 11.3 Å². The van der Waals surface area contributed by atoms with Crippen molar-refractivity contribution >= 4 is 28.2 Å². The fourth-order valence-electron chi connectivity index (χ4n) is 1.92. The molecule has 0 bridgehead atoms. The van der Waals surface area contributed by atoms with Crippen LogP contribution in [0, 0.1) is 13.8 Å². The van der Waals surface area contributed by atoms with Crippen LogP contribution in [-0.2, 0) is 11.2 Å². The summed E-state index contributed by atoms with van der Waals surface area (Å²) in [6, 6.07) is 5.60. The molecule has 6 heteroatoms. The molecule has 5 nitrogen and oxygen atoms in total. The van der Waals surface area contributed by atoms with Crippen molar-refractivity contribution in [3.8, 4) is 0 Å². The summed E-state index contributed by atoms with van der Waals surface area (Å²) in [5.74, 6) is -0.235. The number of aromatic nitrogens is 2. The third kappa shape index (κ3) is 4.21. The zero-order valence-electron chi connectivity index (χ0n) is 13.0. The highest BCUT2D eigenvalue weighted by Gasteiger charge is 2.12. The molecular weight excluding hydrogens is 298 g/mol. The third-order valence-electron chi connectivity index (χ3n) is 3.42. The van der Waals surface area contributed by atoms with Crippen molar-refractivity contribution in [3.05, 3.63) is 39.9 Å². The lowest BCUT2D eigenvalue weighted by molar-refractivity contribution is -0.116.